The molecule has 0 saturated heterocycles. The number of aromatic nitrogens is 1. The number of anilines is 1. The van der Waals surface area contributed by atoms with E-state index in [0.29, 0.717) is 4.83 Å². The van der Waals surface area contributed by atoms with Crippen molar-refractivity contribution >= 4 is 21.7 Å². The quantitative estimate of drug-likeness (QED) is 0.775. The summed E-state index contributed by atoms with van der Waals surface area (Å²) >= 11 is 3.48. The van der Waals surface area contributed by atoms with Gasteiger partial charge in [0, 0.05) is 18.4 Å². The minimum Gasteiger partial charge on any atom is -0.360 e. The number of rotatable bonds is 4. The van der Waals surface area contributed by atoms with Crippen molar-refractivity contribution in [3.8, 4) is 0 Å². The fourth-order valence-corrected chi connectivity index (χ4v) is 1.28. The molecule has 0 bridgehead atoms. The van der Waals surface area contributed by atoms with E-state index in [2.05, 4.69) is 27.8 Å². The van der Waals surface area contributed by atoms with Crippen LogP contribution in [0.15, 0.2) is 18.3 Å². The van der Waals surface area contributed by atoms with Gasteiger partial charge in [0.05, 0.1) is 6.20 Å². The zero-order valence-corrected chi connectivity index (χ0v) is 9.96. The van der Waals surface area contributed by atoms with E-state index in [0.717, 1.165) is 18.8 Å². The van der Waals surface area contributed by atoms with Gasteiger partial charge in [0.15, 0.2) is 0 Å². The molecule has 1 heterocycles. The highest BCUT2D eigenvalue weighted by Gasteiger charge is 2.03. The third-order valence-electron chi connectivity index (χ3n) is 1.97. The Kier molecular flexibility index (Phi) is 4.32. The molecule has 1 rings (SSSR count). The Hall–Kier alpha value is -0.640. The molecule has 2 nitrogen and oxygen atoms in total. The van der Waals surface area contributed by atoms with Gasteiger partial charge in [-0.05, 0) is 18.6 Å². The van der Waals surface area contributed by atoms with Crippen molar-refractivity contribution < 1.29 is 4.39 Å². The Bertz CT molecular complexity index is 274. The van der Waals surface area contributed by atoms with Crippen LogP contribution in [0.2, 0.25) is 0 Å². The average molecular weight is 261 g/mol. The van der Waals surface area contributed by atoms with Gasteiger partial charge >= 0.3 is 0 Å². The molecule has 1 unspecified atom stereocenters. The summed E-state index contributed by atoms with van der Waals surface area (Å²) in [7, 11) is 1.95. The van der Waals surface area contributed by atoms with Gasteiger partial charge in [-0.1, -0.05) is 22.9 Å². The van der Waals surface area contributed by atoms with Crippen LogP contribution < -0.4 is 4.90 Å². The molecule has 0 N–H and O–H groups in total. The summed E-state index contributed by atoms with van der Waals surface area (Å²) in [4.78, 5) is 6.49. The summed E-state index contributed by atoms with van der Waals surface area (Å²) in [5.41, 5.74) is 0. The van der Waals surface area contributed by atoms with Crippen molar-refractivity contribution in [3.63, 3.8) is 0 Å². The predicted octanol–water partition coefficient (Wildman–Crippen LogP) is 2.83. The minimum atomic E-state index is -0.295. The van der Waals surface area contributed by atoms with Crippen molar-refractivity contribution in [3.05, 3.63) is 24.1 Å². The molecule has 0 radical (unpaired) electrons. The van der Waals surface area contributed by atoms with E-state index in [4.69, 9.17) is 0 Å². The van der Waals surface area contributed by atoms with E-state index in [1.807, 2.05) is 11.9 Å². The highest BCUT2D eigenvalue weighted by atomic mass is 79.9. The van der Waals surface area contributed by atoms with Gasteiger partial charge in [-0.25, -0.2) is 9.37 Å². The molecular formula is C10H14BrFN2. The van der Waals surface area contributed by atoms with Crippen molar-refractivity contribution in [2.24, 2.45) is 0 Å². The smallest absolute Gasteiger partial charge is 0.141 e. The van der Waals surface area contributed by atoms with Crippen molar-refractivity contribution in [2.75, 3.05) is 18.5 Å². The Balaban J connectivity index is 2.52. The average Bonchev–Trinajstić information content (AvgIpc) is 2.15. The topological polar surface area (TPSA) is 16.1 Å². The van der Waals surface area contributed by atoms with Gasteiger partial charge < -0.3 is 4.90 Å². The van der Waals surface area contributed by atoms with Gasteiger partial charge in [-0.15, -0.1) is 0 Å². The second-order valence-electron chi connectivity index (χ2n) is 3.33. The Morgan fingerprint density at radius 2 is 2.29 bits per heavy atom. The van der Waals surface area contributed by atoms with Gasteiger partial charge in [0.2, 0.25) is 0 Å². The van der Waals surface area contributed by atoms with E-state index >= 15 is 0 Å². The summed E-state index contributed by atoms with van der Waals surface area (Å²) in [5, 5.41) is 0. The first kappa shape index (κ1) is 11.4. The monoisotopic (exact) mass is 260 g/mol. The van der Waals surface area contributed by atoms with E-state index in [1.54, 1.807) is 6.07 Å². The lowest BCUT2D eigenvalue weighted by molar-refractivity contribution is 0.620. The Labute approximate surface area is 92.3 Å². The fraction of sp³-hybridized carbons (Fsp3) is 0.500. The maximum absolute atomic E-state index is 12.6. The van der Waals surface area contributed by atoms with Gasteiger partial charge in [-0.2, -0.15) is 0 Å². The number of hydrogen-bond acceptors (Lipinski definition) is 2. The second kappa shape index (κ2) is 5.29. The molecule has 1 aromatic heterocycles. The van der Waals surface area contributed by atoms with Crippen LogP contribution in [0.4, 0.5) is 10.2 Å². The standard InChI is InChI=1S/C10H14BrFN2/c1-8(11)5-6-14(2)10-4-3-9(12)7-13-10/h3-4,7-8H,5-6H2,1-2H3. The molecule has 1 atom stereocenters. The number of hydrogen-bond donors (Lipinski definition) is 0. The van der Waals surface area contributed by atoms with Crippen LogP contribution in [0.25, 0.3) is 0 Å². The first-order valence-corrected chi connectivity index (χ1v) is 5.48. The zero-order valence-electron chi connectivity index (χ0n) is 8.37. The van der Waals surface area contributed by atoms with Gasteiger partial charge in [0.25, 0.3) is 0 Å². The number of pyridine rings is 1. The third kappa shape index (κ3) is 3.62. The Morgan fingerprint density at radius 3 is 2.79 bits per heavy atom. The van der Waals surface area contributed by atoms with Crippen LogP contribution in [0.5, 0.6) is 0 Å². The van der Waals surface area contributed by atoms with Crippen molar-refractivity contribution in [2.45, 2.75) is 18.2 Å². The van der Waals surface area contributed by atoms with Gasteiger partial charge in [0.1, 0.15) is 11.6 Å². The van der Waals surface area contributed by atoms with E-state index in [-0.39, 0.29) is 5.82 Å². The second-order valence-corrected chi connectivity index (χ2v) is 4.89. The first-order valence-electron chi connectivity index (χ1n) is 4.56. The van der Waals surface area contributed by atoms with Crippen LogP contribution in [-0.4, -0.2) is 23.4 Å². The molecule has 0 saturated carbocycles. The highest BCUT2D eigenvalue weighted by molar-refractivity contribution is 9.09. The van der Waals surface area contributed by atoms with E-state index in [1.165, 1.54) is 12.3 Å². The molecule has 4 heteroatoms. The molecule has 0 aliphatic rings. The van der Waals surface area contributed by atoms with Crippen LogP contribution >= 0.6 is 15.9 Å². The molecule has 1 aromatic rings. The Morgan fingerprint density at radius 1 is 1.57 bits per heavy atom. The molecule has 78 valence electrons. The normalized spacial score (nSPS) is 12.6. The van der Waals surface area contributed by atoms with Crippen molar-refractivity contribution in [1.82, 2.24) is 4.98 Å². The SMILES string of the molecule is CC(Br)CCN(C)c1ccc(F)cn1. The molecule has 0 fully saturated rings. The van der Waals surface area contributed by atoms with Crippen LogP contribution in [-0.2, 0) is 0 Å². The van der Waals surface area contributed by atoms with Crippen molar-refractivity contribution in [1.29, 1.82) is 0 Å². The summed E-state index contributed by atoms with van der Waals surface area (Å²) in [5.74, 6) is 0.510. The lowest BCUT2D eigenvalue weighted by Crippen LogP contribution is -2.21. The third-order valence-corrected chi connectivity index (χ3v) is 2.42. The molecule has 14 heavy (non-hydrogen) atoms. The number of halogens is 2. The summed E-state index contributed by atoms with van der Waals surface area (Å²) in [6.07, 6.45) is 2.28. The van der Waals surface area contributed by atoms with Crippen LogP contribution in [0, 0.1) is 5.82 Å². The van der Waals surface area contributed by atoms with E-state index < -0.39 is 0 Å². The summed E-state index contributed by atoms with van der Waals surface area (Å²) in [6, 6.07) is 3.12. The number of nitrogens with zero attached hydrogens (tertiary/aromatic N) is 2. The zero-order chi connectivity index (χ0) is 10.6. The molecule has 0 aliphatic carbocycles. The summed E-state index contributed by atoms with van der Waals surface area (Å²) < 4.78 is 12.6. The lowest BCUT2D eigenvalue weighted by atomic mass is 10.3. The highest BCUT2D eigenvalue weighted by Crippen LogP contribution is 2.11. The molecule has 0 aromatic carbocycles. The molecule has 0 amide bonds. The number of alkyl halides is 1. The maximum Gasteiger partial charge on any atom is 0.141 e. The van der Waals surface area contributed by atoms with E-state index in [9.17, 15) is 4.39 Å². The van der Waals surface area contributed by atoms with Crippen LogP contribution in [0.3, 0.4) is 0 Å². The molecular weight excluding hydrogens is 247 g/mol. The lowest BCUT2D eigenvalue weighted by Gasteiger charge is -2.18. The summed E-state index contributed by atoms with van der Waals surface area (Å²) in [6.45, 7) is 3.01. The van der Waals surface area contributed by atoms with Gasteiger partial charge in [-0.3, -0.25) is 0 Å². The fourth-order valence-electron chi connectivity index (χ4n) is 1.08. The maximum atomic E-state index is 12.6. The molecule has 0 aliphatic heterocycles. The van der Waals surface area contributed by atoms with Crippen LogP contribution in [0.1, 0.15) is 13.3 Å². The largest absolute Gasteiger partial charge is 0.360 e. The minimum absolute atomic E-state index is 0.295. The first-order chi connectivity index (χ1) is 6.59. The predicted molar refractivity (Wildman–Crippen MR) is 60.5 cm³/mol. The molecule has 0 spiro atoms.